The summed E-state index contributed by atoms with van der Waals surface area (Å²) in [5, 5.41) is 9.73. The molecule has 0 bridgehead atoms. The Morgan fingerprint density at radius 1 is 0.957 bits per heavy atom. The van der Waals surface area contributed by atoms with Crippen LogP contribution in [0.15, 0.2) is 54.6 Å². The molecule has 0 unspecified atom stereocenters. The molecule has 1 N–H and O–H groups in total. The number of hydrogen-bond acceptors (Lipinski definition) is 2. The van der Waals surface area contributed by atoms with Gasteiger partial charge in [-0.05, 0) is 36.1 Å². The first kappa shape index (κ1) is 15.6. The van der Waals surface area contributed by atoms with Gasteiger partial charge in [0, 0.05) is 0 Å². The second-order valence-corrected chi connectivity index (χ2v) is 6.25. The van der Waals surface area contributed by atoms with Crippen molar-refractivity contribution >= 4 is 5.97 Å². The number of aliphatic carboxylic acids is 1. The van der Waals surface area contributed by atoms with Gasteiger partial charge in [-0.3, -0.25) is 4.79 Å². The molecule has 23 heavy (non-hydrogen) atoms. The summed E-state index contributed by atoms with van der Waals surface area (Å²) < 4.78 is 5.78. The number of ether oxygens (including phenoxy) is 1. The maximum atomic E-state index is 11.8. The summed E-state index contributed by atoms with van der Waals surface area (Å²) in [5.74, 6) is 0.0732. The van der Waals surface area contributed by atoms with Gasteiger partial charge in [-0.15, -0.1) is 0 Å². The minimum absolute atomic E-state index is 0.518. The minimum atomic E-state index is -0.712. The van der Waals surface area contributed by atoms with E-state index in [0.717, 1.165) is 49.0 Å². The highest BCUT2D eigenvalue weighted by Crippen LogP contribution is 2.40. The third kappa shape index (κ3) is 3.39. The Hall–Kier alpha value is -2.29. The van der Waals surface area contributed by atoms with Crippen LogP contribution in [0.2, 0.25) is 0 Å². The van der Waals surface area contributed by atoms with Gasteiger partial charge < -0.3 is 9.84 Å². The molecule has 0 saturated heterocycles. The highest BCUT2D eigenvalue weighted by atomic mass is 16.5. The number of carbonyl (C=O) groups is 1. The second kappa shape index (κ2) is 6.86. The van der Waals surface area contributed by atoms with Crippen molar-refractivity contribution in [2.75, 3.05) is 0 Å². The number of hydrogen-bond donors (Lipinski definition) is 1. The van der Waals surface area contributed by atoms with Crippen LogP contribution in [0.3, 0.4) is 0 Å². The molecule has 0 radical (unpaired) electrons. The Morgan fingerprint density at radius 3 is 2.22 bits per heavy atom. The molecule has 1 fully saturated rings. The third-order valence-electron chi connectivity index (χ3n) is 4.77. The Bertz CT molecular complexity index is 640. The molecule has 0 spiro atoms. The van der Waals surface area contributed by atoms with Crippen molar-refractivity contribution in [2.45, 2.75) is 44.1 Å². The SMILES string of the molecule is O=C(O)C1(c2ccc(OCc3ccccc3)cc2)CCCCC1. The smallest absolute Gasteiger partial charge is 0.314 e. The number of carboxylic acids is 1. The fourth-order valence-corrected chi connectivity index (χ4v) is 3.39. The zero-order chi connectivity index (χ0) is 16.1. The summed E-state index contributed by atoms with van der Waals surface area (Å²) in [7, 11) is 0. The standard InChI is InChI=1S/C20H22O3/c21-19(22)20(13-5-2-6-14-20)17-9-11-18(12-10-17)23-15-16-7-3-1-4-8-16/h1,3-4,7-12H,2,5-6,13-15H2,(H,21,22). The quantitative estimate of drug-likeness (QED) is 0.881. The van der Waals surface area contributed by atoms with Gasteiger partial charge in [0.25, 0.3) is 0 Å². The summed E-state index contributed by atoms with van der Waals surface area (Å²) >= 11 is 0. The first-order valence-corrected chi connectivity index (χ1v) is 8.21. The van der Waals surface area contributed by atoms with E-state index >= 15 is 0 Å². The van der Waals surface area contributed by atoms with Crippen LogP contribution in [-0.2, 0) is 16.8 Å². The van der Waals surface area contributed by atoms with Gasteiger partial charge >= 0.3 is 5.97 Å². The summed E-state index contributed by atoms with van der Waals surface area (Å²) in [6.45, 7) is 0.518. The van der Waals surface area contributed by atoms with Crippen LogP contribution in [0.4, 0.5) is 0 Å². The van der Waals surface area contributed by atoms with Crippen LogP contribution in [0.25, 0.3) is 0 Å². The molecule has 120 valence electrons. The number of benzene rings is 2. The zero-order valence-electron chi connectivity index (χ0n) is 13.2. The van der Waals surface area contributed by atoms with Gasteiger partial charge in [0.1, 0.15) is 12.4 Å². The molecule has 1 aliphatic carbocycles. The fourth-order valence-electron chi connectivity index (χ4n) is 3.39. The predicted molar refractivity (Wildman–Crippen MR) is 89.6 cm³/mol. The molecule has 2 aromatic rings. The lowest BCUT2D eigenvalue weighted by Gasteiger charge is -2.33. The summed E-state index contributed by atoms with van der Waals surface area (Å²) in [6.07, 6.45) is 4.56. The van der Waals surface area contributed by atoms with Crippen LogP contribution in [0.5, 0.6) is 5.75 Å². The molecule has 2 aromatic carbocycles. The highest BCUT2D eigenvalue weighted by molar-refractivity contribution is 5.81. The molecular formula is C20H22O3. The first-order chi connectivity index (χ1) is 11.2. The normalized spacial score (nSPS) is 16.7. The molecule has 0 heterocycles. The van der Waals surface area contributed by atoms with Crippen molar-refractivity contribution in [1.29, 1.82) is 0 Å². The van der Waals surface area contributed by atoms with E-state index in [2.05, 4.69) is 0 Å². The van der Waals surface area contributed by atoms with E-state index in [9.17, 15) is 9.90 Å². The highest BCUT2D eigenvalue weighted by Gasteiger charge is 2.41. The molecule has 0 amide bonds. The lowest BCUT2D eigenvalue weighted by Crippen LogP contribution is -2.37. The molecule has 0 aromatic heterocycles. The van der Waals surface area contributed by atoms with E-state index in [1.54, 1.807) is 0 Å². The van der Waals surface area contributed by atoms with Crippen LogP contribution >= 0.6 is 0 Å². The van der Waals surface area contributed by atoms with E-state index < -0.39 is 11.4 Å². The summed E-state index contributed by atoms with van der Waals surface area (Å²) in [6, 6.07) is 17.6. The van der Waals surface area contributed by atoms with Crippen molar-refractivity contribution in [1.82, 2.24) is 0 Å². The van der Waals surface area contributed by atoms with Gasteiger partial charge in [-0.1, -0.05) is 61.7 Å². The Balaban J connectivity index is 1.72. The third-order valence-corrected chi connectivity index (χ3v) is 4.77. The molecule has 0 aliphatic heterocycles. The lowest BCUT2D eigenvalue weighted by atomic mass is 9.69. The molecule has 0 atom stereocenters. The topological polar surface area (TPSA) is 46.5 Å². The summed E-state index contributed by atoms with van der Waals surface area (Å²) in [5.41, 5.74) is 1.30. The van der Waals surface area contributed by atoms with Gasteiger partial charge in [0.2, 0.25) is 0 Å². The van der Waals surface area contributed by atoms with Gasteiger partial charge in [-0.25, -0.2) is 0 Å². The number of rotatable bonds is 5. The second-order valence-electron chi connectivity index (χ2n) is 6.25. The molecular weight excluding hydrogens is 288 g/mol. The Morgan fingerprint density at radius 2 is 1.61 bits per heavy atom. The Kier molecular flexibility index (Phi) is 4.65. The van der Waals surface area contributed by atoms with Crippen molar-refractivity contribution in [3.63, 3.8) is 0 Å². The van der Waals surface area contributed by atoms with Crippen LogP contribution in [0.1, 0.15) is 43.2 Å². The molecule has 3 nitrogen and oxygen atoms in total. The average Bonchev–Trinajstić information content (AvgIpc) is 2.62. The van der Waals surface area contributed by atoms with E-state index in [0.29, 0.717) is 6.61 Å². The molecule has 1 saturated carbocycles. The van der Waals surface area contributed by atoms with Crippen molar-refractivity contribution in [3.8, 4) is 5.75 Å². The van der Waals surface area contributed by atoms with E-state index in [-0.39, 0.29) is 0 Å². The monoisotopic (exact) mass is 310 g/mol. The fraction of sp³-hybridized carbons (Fsp3) is 0.350. The predicted octanol–water partition coefficient (Wildman–Crippen LogP) is 4.55. The summed E-state index contributed by atoms with van der Waals surface area (Å²) in [4.78, 5) is 11.8. The average molecular weight is 310 g/mol. The van der Waals surface area contributed by atoms with Crippen LogP contribution in [0, 0.1) is 0 Å². The van der Waals surface area contributed by atoms with Gasteiger partial charge in [0.05, 0.1) is 5.41 Å². The van der Waals surface area contributed by atoms with Crippen LogP contribution in [-0.4, -0.2) is 11.1 Å². The van der Waals surface area contributed by atoms with Gasteiger partial charge in [0.15, 0.2) is 0 Å². The van der Waals surface area contributed by atoms with Crippen molar-refractivity contribution in [3.05, 3.63) is 65.7 Å². The van der Waals surface area contributed by atoms with Crippen molar-refractivity contribution in [2.24, 2.45) is 0 Å². The molecule has 3 rings (SSSR count). The largest absolute Gasteiger partial charge is 0.489 e. The van der Waals surface area contributed by atoms with E-state index in [1.165, 1.54) is 0 Å². The van der Waals surface area contributed by atoms with Crippen LogP contribution < -0.4 is 4.74 Å². The maximum absolute atomic E-state index is 11.8. The lowest BCUT2D eigenvalue weighted by molar-refractivity contribution is -0.145. The Labute approximate surface area is 136 Å². The van der Waals surface area contributed by atoms with Crippen molar-refractivity contribution < 1.29 is 14.6 Å². The number of carboxylic acid groups (broad SMARTS) is 1. The molecule has 3 heteroatoms. The zero-order valence-corrected chi connectivity index (χ0v) is 13.2. The van der Waals surface area contributed by atoms with Gasteiger partial charge in [-0.2, -0.15) is 0 Å². The molecule has 1 aliphatic rings. The minimum Gasteiger partial charge on any atom is -0.489 e. The first-order valence-electron chi connectivity index (χ1n) is 8.21. The van der Waals surface area contributed by atoms with E-state index in [4.69, 9.17) is 4.74 Å². The van der Waals surface area contributed by atoms with E-state index in [1.807, 2.05) is 54.6 Å². The maximum Gasteiger partial charge on any atom is 0.314 e.